The van der Waals surface area contributed by atoms with Gasteiger partial charge in [-0.1, -0.05) is 44.5 Å². The molecule has 3 aromatic rings. The lowest BCUT2D eigenvalue weighted by Crippen LogP contribution is -2.57. The predicted molar refractivity (Wildman–Crippen MR) is 267 cm³/mol. The largest absolute Gasteiger partial charge is 0.507 e. The smallest absolute Gasteiger partial charge is 0.253 e. The fourth-order valence-corrected chi connectivity index (χ4v) is 9.25. The van der Waals surface area contributed by atoms with E-state index in [-0.39, 0.29) is 96.0 Å². The number of aliphatic hydroxyl groups excluding tert-OH is 1. The Labute approximate surface area is 428 Å². The van der Waals surface area contributed by atoms with Crippen LogP contribution in [0.25, 0.3) is 0 Å². The first kappa shape index (κ1) is 56.3. The molecule has 8 rings (SSSR count). The third-order valence-electron chi connectivity index (χ3n) is 13.2. The van der Waals surface area contributed by atoms with E-state index in [4.69, 9.17) is 18.9 Å². The normalized spacial score (nSPS) is 21.3. The van der Waals surface area contributed by atoms with Gasteiger partial charge in [0.2, 0.25) is 29.4 Å². The van der Waals surface area contributed by atoms with Crippen LogP contribution < -0.4 is 26.0 Å². The number of amides is 6. The van der Waals surface area contributed by atoms with Crippen molar-refractivity contribution < 1.29 is 72.6 Å². The van der Waals surface area contributed by atoms with Crippen molar-refractivity contribution in [2.45, 2.75) is 103 Å². The summed E-state index contributed by atoms with van der Waals surface area (Å²) >= 11 is 0. The van der Waals surface area contributed by atoms with Gasteiger partial charge in [-0.15, -0.1) is 0 Å². The molecule has 3 aromatic carbocycles. The van der Waals surface area contributed by atoms with Crippen LogP contribution in [-0.2, 0) is 62.4 Å². The number of carbonyl (C=O) groups excluding carboxylic acids is 8. The molecule has 5 aliphatic rings. The van der Waals surface area contributed by atoms with E-state index in [2.05, 4.69) is 40.0 Å². The van der Waals surface area contributed by atoms with Crippen molar-refractivity contribution >= 4 is 52.7 Å². The number of benzene rings is 3. The highest BCUT2D eigenvalue weighted by atomic mass is 16.7. The van der Waals surface area contributed by atoms with Gasteiger partial charge in [0.1, 0.15) is 23.3 Å². The van der Waals surface area contributed by atoms with Gasteiger partial charge >= 0.3 is 0 Å². The number of rotatable bonds is 14. The van der Waals surface area contributed by atoms with E-state index in [1.807, 2.05) is 6.92 Å². The maximum Gasteiger partial charge on any atom is 0.253 e. The molecule has 2 fully saturated rings. The monoisotopic (exact) mass is 1030 g/mol. The van der Waals surface area contributed by atoms with Crippen LogP contribution in [0, 0.1) is 5.92 Å². The highest BCUT2D eigenvalue weighted by Crippen LogP contribution is 2.47. The van der Waals surface area contributed by atoms with E-state index in [1.165, 1.54) is 32.6 Å². The summed E-state index contributed by atoms with van der Waals surface area (Å²) in [7, 11) is 3.02. The first-order valence-electron chi connectivity index (χ1n) is 24.7. The molecule has 0 saturated carbocycles. The SMILES string of the molecule is CCC.COC1CN(C2CCO[C@@H](C)C2O)CCO1.COc1cccc2c1C(=O)c1c(O)c3c(c(O)c1C2=O)CC(C(=O)NCc1ccc(NC(=O)C(C)NC(=O)CNC(=O)CCN2C(=O)C=CC2=O)cc1)CC3. The summed E-state index contributed by atoms with van der Waals surface area (Å²) in [5.74, 6) is -5.53. The molecule has 3 heterocycles. The number of ether oxygens (including phenoxy) is 4. The number of hydrogen-bond acceptors (Lipinski definition) is 16. The van der Waals surface area contributed by atoms with Crippen molar-refractivity contribution in [1.29, 1.82) is 0 Å². The number of fused-ring (bicyclic) bond motifs is 3. The molecule has 2 saturated heterocycles. The molecular formula is C53H66N6O15. The number of aromatic hydroxyl groups is 2. The van der Waals surface area contributed by atoms with Crippen molar-refractivity contribution in [3.8, 4) is 17.2 Å². The average molecular weight is 1030 g/mol. The standard InChI is InChI=1S/C39H37N5O11.C11H21NO4.C3H8/c1-19(42-28(46)18-40-27(45)14-15-44-29(47)12-13-30(44)48)38(53)43-22-9-6-20(7-10-22)17-41-39(54)21-8-11-23-25(16-21)36(51)32-33(34(23)49)37(52)31-24(35(32)50)4-3-5-26(31)55-2;1-8-11(13)9(3-5-15-8)12-4-6-16-10(7-12)14-2;1-3-2/h3-7,9-10,12-13,19,21,49,51H,8,11,14-18H2,1-2H3,(H,40,45)(H,41,54)(H,42,46)(H,43,53);8-11,13H,3-7H2,1-2H3;3H2,1-2H3/t;8-,9?,10?,11?;/m.0./s1. The minimum Gasteiger partial charge on any atom is -0.507 e. The van der Waals surface area contributed by atoms with Crippen LogP contribution in [0.4, 0.5) is 5.69 Å². The fourth-order valence-electron chi connectivity index (χ4n) is 9.25. The van der Waals surface area contributed by atoms with E-state index < -0.39 is 71.5 Å². The zero-order valence-corrected chi connectivity index (χ0v) is 42.5. The lowest BCUT2D eigenvalue weighted by molar-refractivity contribution is -0.190. The minimum atomic E-state index is -0.959. The second kappa shape index (κ2) is 25.8. The number of morpholine rings is 1. The summed E-state index contributed by atoms with van der Waals surface area (Å²) in [6.45, 7) is 10.2. The number of phenols is 2. The Morgan fingerprint density at radius 1 is 0.838 bits per heavy atom. The van der Waals surface area contributed by atoms with Crippen LogP contribution in [0.2, 0.25) is 0 Å². The van der Waals surface area contributed by atoms with Crippen molar-refractivity contribution in [3.63, 3.8) is 0 Å². The Kier molecular flexibility index (Phi) is 19.6. The number of carbonyl (C=O) groups is 8. The Morgan fingerprint density at radius 3 is 2.19 bits per heavy atom. The van der Waals surface area contributed by atoms with Gasteiger partial charge in [-0.25, -0.2) is 0 Å². The topological polar surface area (TPSA) is 289 Å². The van der Waals surface area contributed by atoms with Crippen molar-refractivity contribution in [2.24, 2.45) is 5.92 Å². The highest BCUT2D eigenvalue weighted by molar-refractivity contribution is 6.31. The summed E-state index contributed by atoms with van der Waals surface area (Å²) in [5.41, 5.74) is 1.19. The molecule has 74 heavy (non-hydrogen) atoms. The number of anilines is 1. The summed E-state index contributed by atoms with van der Waals surface area (Å²) < 4.78 is 21.3. The summed E-state index contributed by atoms with van der Waals surface area (Å²) in [5, 5.41) is 43.0. The number of hydrogen-bond donors (Lipinski definition) is 7. The second-order valence-corrected chi connectivity index (χ2v) is 18.4. The Hall–Kier alpha value is -7.04. The van der Waals surface area contributed by atoms with Gasteiger partial charge in [-0.05, 0) is 63.3 Å². The summed E-state index contributed by atoms with van der Waals surface area (Å²) in [4.78, 5) is 104. The molecule has 0 radical (unpaired) electrons. The van der Waals surface area contributed by atoms with Crippen molar-refractivity contribution in [3.05, 3.63) is 93.6 Å². The first-order valence-corrected chi connectivity index (χ1v) is 24.7. The Bertz CT molecular complexity index is 2620. The molecule has 21 nitrogen and oxygen atoms in total. The van der Waals surface area contributed by atoms with Crippen LogP contribution in [0.3, 0.4) is 0 Å². The van der Waals surface area contributed by atoms with Crippen molar-refractivity contribution in [2.75, 3.05) is 58.9 Å². The summed E-state index contributed by atoms with van der Waals surface area (Å²) in [6, 6.07) is 10.4. The van der Waals surface area contributed by atoms with E-state index in [9.17, 15) is 53.7 Å². The molecule has 5 unspecified atom stereocenters. The predicted octanol–water partition coefficient (Wildman–Crippen LogP) is 2.42. The lowest BCUT2D eigenvalue weighted by Gasteiger charge is -2.43. The third-order valence-corrected chi connectivity index (χ3v) is 13.2. The second-order valence-electron chi connectivity index (χ2n) is 18.4. The average Bonchev–Trinajstić information content (AvgIpc) is 3.73. The van der Waals surface area contributed by atoms with E-state index in [1.54, 1.807) is 37.4 Å². The van der Waals surface area contributed by atoms with Crippen molar-refractivity contribution in [1.82, 2.24) is 25.8 Å². The van der Waals surface area contributed by atoms with Crippen LogP contribution in [0.1, 0.15) is 102 Å². The first-order chi connectivity index (χ1) is 35.4. The number of nitrogens with one attached hydrogen (secondary N) is 4. The molecule has 3 aliphatic heterocycles. The maximum absolute atomic E-state index is 13.5. The van der Waals surface area contributed by atoms with Crippen LogP contribution in [0.15, 0.2) is 54.6 Å². The third kappa shape index (κ3) is 13.2. The number of aliphatic hydroxyl groups is 1. The number of methoxy groups -OCH3 is 2. The van der Waals surface area contributed by atoms with Gasteiger partial charge in [0.25, 0.3) is 11.8 Å². The molecule has 6 atom stereocenters. The zero-order valence-electron chi connectivity index (χ0n) is 42.5. The number of imide groups is 1. The van der Waals surface area contributed by atoms with Crippen LogP contribution in [-0.4, -0.2) is 156 Å². The highest BCUT2D eigenvalue weighted by Gasteiger charge is 2.41. The van der Waals surface area contributed by atoms with Crippen LogP contribution in [0.5, 0.6) is 17.2 Å². The van der Waals surface area contributed by atoms with E-state index in [0.29, 0.717) is 29.8 Å². The molecular weight excluding hydrogens is 961 g/mol. The molecule has 6 amide bonds. The van der Waals surface area contributed by atoms with E-state index in [0.717, 1.165) is 43.2 Å². The number of ketones is 2. The number of nitrogens with zero attached hydrogens (tertiary/aromatic N) is 2. The maximum atomic E-state index is 13.5. The fraction of sp³-hybridized carbons (Fsp3) is 0.472. The quantitative estimate of drug-likeness (QED) is 0.0705. The Balaban J connectivity index is 0.000000393. The number of phenolic OH excluding ortho intramolecular Hbond substituents is 2. The molecule has 0 bridgehead atoms. The lowest BCUT2D eigenvalue weighted by atomic mass is 9.75. The minimum absolute atomic E-state index is 0.0176. The Morgan fingerprint density at radius 2 is 1.51 bits per heavy atom. The molecule has 2 aliphatic carbocycles. The molecule has 7 N–H and O–H groups in total. The zero-order chi connectivity index (χ0) is 53.8. The molecule has 0 aromatic heterocycles. The summed E-state index contributed by atoms with van der Waals surface area (Å²) in [6.07, 6.45) is 4.04. The van der Waals surface area contributed by atoms with Gasteiger partial charge in [0.05, 0.1) is 49.2 Å². The van der Waals surface area contributed by atoms with Gasteiger partial charge in [0, 0.05) is 92.8 Å². The van der Waals surface area contributed by atoms with E-state index >= 15 is 0 Å². The molecule has 398 valence electrons. The van der Waals surface area contributed by atoms with Gasteiger partial charge < -0.3 is 55.5 Å². The molecule has 21 heteroatoms. The molecule has 0 spiro atoms. The van der Waals surface area contributed by atoms with Gasteiger partial charge in [-0.3, -0.25) is 48.2 Å². The van der Waals surface area contributed by atoms with Gasteiger partial charge in [-0.2, -0.15) is 0 Å². The van der Waals surface area contributed by atoms with Gasteiger partial charge in [0.15, 0.2) is 12.1 Å². The van der Waals surface area contributed by atoms with Crippen LogP contribution >= 0.6 is 0 Å².